The number of aryl methyl sites for hydroxylation is 1. The number of ether oxygens (including phenoxy) is 1. The first kappa shape index (κ1) is 32.0. The minimum Gasteiger partial charge on any atom is -0.496 e. The normalized spacial score (nSPS) is 14.6. The number of nitrogens with zero attached hydrogens (tertiary/aromatic N) is 2. The van der Waals surface area contributed by atoms with Gasteiger partial charge < -0.3 is 25.3 Å². The van der Waals surface area contributed by atoms with Crippen LogP contribution >= 0.6 is 23.2 Å². The molecule has 3 aromatic carbocycles. The number of aromatic nitrogens is 2. The standard InChI is InChI=1S/C32H30Cl2FN5O5/c1-39-16-23(31(43)40(2)32(39)44)30(42)38-25-9-5-8-21(29(25)34)20-7-4-6-19(28(20)33)17-12-24(35)22(26(13-17)45-3)15-36-18-10-11-27(41)37-14-18/h4-9,12-13,16,18,36H,10-11,14-15H2,1-3H3,(H,37,41)(H,38,42)/t18-/m1/s1. The van der Waals surface area contributed by atoms with Gasteiger partial charge in [-0.05, 0) is 30.2 Å². The molecule has 2 heterocycles. The third-order valence-electron chi connectivity index (χ3n) is 7.75. The lowest BCUT2D eigenvalue weighted by atomic mass is 9.97. The molecule has 1 fully saturated rings. The largest absolute Gasteiger partial charge is 0.496 e. The van der Waals surface area contributed by atoms with Crippen molar-refractivity contribution in [1.82, 2.24) is 19.8 Å². The number of nitrogens with one attached hydrogen (secondary N) is 3. The van der Waals surface area contributed by atoms with Crippen molar-refractivity contribution in [3.8, 4) is 28.0 Å². The maximum absolute atomic E-state index is 15.5. The summed E-state index contributed by atoms with van der Waals surface area (Å²) in [5, 5.41) is 9.19. The molecule has 45 heavy (non-hydrogen) atoms. The third kappa shape index (κ3) is 6.51. The summed E-state index contributed by atoms with van der Waals surface area (Å²) < 4.78 is 23.0. The van der Waals surface area contributed by atoms with E-state index in [1.165, 1.54) is 33.5 Å². The van der Waals surface area contributed by atoms with Crippen LogP contribution in [0.2, 0.25) is 10.0 Å². The van der Waals surface area contributed by atoms with Crippen LogP contribution in [-0.4, -0.2) is 40.6 Å². The van der Waals surface area contributed by atoms with Gasteiger partial charge in [-0.2, -0.15) is 0 Å². The topological polar surface area (TPSA) is 123 Å². The van der Waals surface area contributed by atoms with Crippen LogP contribution in [0, 0.1) is 5.82 Å². The van der Waals surface area contributed by atoms with E-state index >= 15 is 4.39 Å². The number of methoxy groups -OCH3 is 1. The van der Waals surface area contributed by atoms with Crippen molar-refractivity contribution < 1.29 is 18.7 Å². The molecule has 0 saturated carbocycles. The highest BCUT2D eigenvalue weighted by Crippen LogP contribution is 2.42. The highest BCUT2D eigenvalue weighted by atomic mass is 35.5. The molecule has 234 valence electrons. The second-order valence-electron chi connectivity index (χ2n) is 10.6. The first-order valence-electron chi connectivity index (χ1n) is 14.0. The van der Waals surface area contributed by atoms with Crippen molar-refractivity contribution >= 4 is 40.7 Å². The Morgan fingerprint density at radius 1 is 1.04 bits per heavy atom. The lowest BCUT2D eigenvalue weighted by Gasteiger charge is -2.24. The van der Waals surface area contributed by atoms with E-state index < -0.39 is 23.0 Å². The number of benzene rings is 3. The van der Waals surface area contributed by atoms with Crippen LogP contribution in [0.1, 0.15) is 28.8 Å². The number of carbonyl (C=O) groups excluding carboxylic acids is 2. The van der Waals surface area contributed by atoms with E-state index in [0.717, 1.165) is 9.13 Å². The molecule has 10 nitrogen and oxygen atoms in total. The number of hydrogen-bond donors (Lipinski definition) is 3. The monoisotopic (exact) mass is 653 g/mol. The van der Waals surface area contributed by atoms with Crippen LogP contribution in [0.25, 0.3) is 22.3 Å². The molecular weight excluding hydrogens is 624 g/mol. The zero-order valence-corrected chi connectivity index (χ0v) is 26.2. The average Bonchev–Trinajstić information content (AvgIpc) is 3.03. The number of carbonyl (C=O) groups is 2. The molecule has 4 aromatic rings. The summed E-state index contributed by atoms with van der Waals surface area (Å²) in [4.78, 5) is 49.1. The highest BCUT2D eigenvalue weighted by Gasteiger charge is 2.22. The fourth-order valence-electron chi connectivity index (χ4n) is 5.23. The van der Waals surface area contributed by atoms with Gasteiger partial charge in [-0.1, -0.05) is 53.5 Å². The Morgan fingerprint density at radius 2 is 1.73 bits per heavy atom. The molecule has 1 atom stereocenters. The van der Waals surface area contributed by atoms with Gasteiger partial charge in [0.25, 0.3) is 11.5 Å². The first-order valence-corrected chi connectivity index (χ1v) is 14.8. The lowest BCUT2D eigenvalue weighted by molar-refractivity contribution is -0.122. The van der Waals surface area contributed by atoms with Gasteiger partial charge in [-0.3, -0.25) is 19.0 Å². The van der Waals surface area contributed by atoms with E-state index in [4.69, 9.17) is 27.9 Å². The van der Waals surface area contributed by atoms with Crippen molar-refractivity contribution in [2.24, 2.45) is 14.1 Å². The minimum absolute atomic E-state index is 0.00595. The molecule has 0 radical (unpaired) electrons. The Balaban J connectivity index is 1.44. The van der Waals surface area contributed by atoms with Gasteiger partial charge in [0.15, 0.2) is 0 Å². The molecule has 5 rings (SSSR count). The second kappa shape index (κ2) is 13.3. The van der Waals surface area contributed by atoms with Crippen molar-refractivity contribution in [3.63, 3.8) is 0 Å². The maximum atomic E-state index is 15.5. The van der Waals surface area contributed by atoms with Gasteiger partial charge in [-0.25, -0.2) is 9.18 Å². The van der Waals surface area contributed by atoms with Crippen LogP contribution in [0.3, 0.4) is 0 Å². The summed E-state index contributed by atoms with van der Waals surface area (Å²) in [5.74, 6) is -0.876. The third-order valence-corrected chi connectivity index (χ3v) is 8.56. The number of hydrogen-bond acceptors (Lipinski definition) is 6. The molecule has 0 unspecified atom stereocenters. The lowest BCUT2D eigenvalue weighted by Crippen LogP contribution is -2.45. The SMILES string of the molecule is COc1cc(-c2cccc(-c3cccc(NC(=O)c4cn(C)c(=O)n(C)c4=O)c3Cl)c2Cl)cc(F)c1CN[C@@H]1CCC(=O)NC1. The maximum Gasteiger partial charge on any atom is 0.330 e. The van der Waals surface area contributed by atoms with E-state index in [2.05, 4.69) is 16.0 Å². The fourth-order valence-corrected chi connectivity index (χ4v) is 5.84. The van der Waals surface area contributed by atoms with Gasteiger partial charge in [0.05, 0.1) is 22.8 Å². The Hall–Kier alpha value is -4.45. The predicted molar refractivity (Wildman–Crippen MR) is 172 cm³/mol. The van der Waals surface area contributed by atoms with E-state index in [1.807, 2.05) is 0 Å². The van der Waals surface area contributed by atoms with Crippen LogP contribution in [0.15, 0.2) is 64.3 Å². The summed E-state index contributed by atoms with van der Waals surface area (Å²) in [6.45, 7) is 0.686. The summed E-state index contributed by atoms with van der Waals surface area (Å²) in [5.41, 5.74) is 1.05. The smallest absolute Gasteiger partial charge is 0.330 e. The van der Waals surface area contributed by atoms with Crippen molar-refractivity contribution in [3.05, 3.63) is 103 Å². The number of piperidine rings is 1. The molecule has 0 aliphatic carbocycles. The minimum atomic E-state index is -0.745. The van der Waals surface area contributed by atoms with Crippen molar-refractivity contribution in [1.29, 1.82) is 0 Å². The molecule has 1 aromatic heterocycles. The summed E-state index contributed by atoms with van der Waals surface area (Å²) >= 11 is 13.7. The zero-order chi connectivity index (χ0) is 32.4. The van der Waals surface area contributed by atoms with Gasteiger partial charge in [0, 0.05) is 68.1 Å². The van der Waals surface area contributed by atoms with Crippen LogP contribution in [0.5, 0.6) is 5.75 Å². The molecule has 13 heteroatoms. The quantitative estimate of drug-likeness (QED) is 0.257. The number of anilines is 1. The summed E-state index contributed by atoms with van der Waals surface area (Å²) in [7, 11) is 4.19. The van der Waals surface area contributed by atoms with Crippen LogP contribution < -0.4 is 31.9 Å². The Labute approximate surface area is 267 Å². The molecule has 1 saturated heterocycles. The second-order valence-corrected chi connectivity index (χ2v) is 11.4. The van der Waals surface area contributed by atoms with Gasteiger partial charge in [-0.15, -0.1) is 0 Å². The Bertz CT molecular complexity index is 1930. The van der Waals surface area contributed by atoms with Crippen molar-refractivity contribution in [2.75, 3.05) is 19.0 Å². The number of rotatable bonds is 8. The highest BCUT2D eigenvalue weighted by molar-refractivity contribution is 6.39. The Kier molecular flexibility index (Phi) is 9.42. The number of halogens is 3. The summed E-state index contributed by atoms with van der Waals surface area (Å²) in [6.07, 6.45) is 2.25. The van der Waals surface area contributed by atoms with E-state index in [-0.39, 0.29) is 34.8 Å². The van der Waals surface area contributed by atoms with Gasteiger partial charge in [0.1, 0.15) is 17.1 Å². The van der Waals surface area contributed by atoms with Gasteiger partial charge >= 0.3 is 5.69 Å². The molecule has 0 spiro atoms. The van der Waals surface area contributed by atoms with E-state index in [0.29, 0.717) is 58.0 Å². The van der Waals surface area contributed by atoms with Gasteiger partial charge in [0.2, 0.25) is 5.91 Å². The van der Waals surface area contributed by atoms with Crippen LogP contribution in [-0.2, 0) is 25.4 Å². The van der Waals surface area contributed by atoms with Crippen molar-refractivity contribution in [2.45, 2.75) is 25.4 Å². The molecule has 0 bridgehead atoms. The predicted octanol–water partition coefficient (Wildman–Crippen LogP) is 4.49. The molecule has 1 aliphatic rings. The number of amides is 2. The Morgan fingerprint density at radius 3 is 2.42 bits per heavy atom. The molecule has 1 aliphatic heterocycles. The first-order chi connectivity index (χ1) is 21.5. The molecule has 2 amide bonds. The van der Waals surface area contributed by atoms with E-state index in [1.54, 1.807) is 42.5 Å². The molecule has 3 N–H and O–H groups in total. The summed E-state index contributed by atoms with van der Waals surface area (Å²) in [6, 6.07) is 13.3. The molecular formula is C32H30Cl2FN5O5. The van der Waals surface area contributed by atoms with Crippen LogP contribution in [0.4, 0.5) is 10.1 Å². The average molecular weight is 655 g/mol. The zero-order valence-electron chi connectivity index (χ0n) is 24.7. The fraction of sp³-hybridized carbons (Fsp3) is 0.250. The van der Waals surface area contributed by atoms with E-state index in [9.17, 15) is 19.2 Å².